The van der Waals surface area contributed by atoms with Crippen molar-refractivity contribution in [3.8, 4) is 0 Å². The van der Waals surface area contributed by atoms with Crippen LogP contribution in [0.4, 0.5) is 5.82 Å². The smallest absolute Gasteiger partial charge is 0.303 e. The van der Waals surface area contributed by atoms with E-state index < -0.39 is 5.97 Å². The number of anilines is 1. The molecule has 1 saturated heterocycles. The fourth-order valence-electron chi connectivity index (χ4n) is 2.07. The first-order valence-electron chi connectivity index (χ1n) is 5.67. The van der Waals surface area contributed by atoms with Gasteiger partial charge in [-0.1, -0.05) is 0 Å². The van der Waals surface area contributed by atoms with E-state index in [0.717, 1.165) is 6.42 Å². The third kappa shape index (κ3) is 2.58. The van der Waals surface area contributed by atoms with Crippen molar-refractivity contribution < 1.29 is 19.3 Å². The highest BCUT2D eigenvalue weighted by Crippen LogP contribution is 2.23. The van der Waals surface area contributed by atoms with E-state index in [0.29, 0.717) is 19.5 Å². The molecule has 0 aromatic carbocycles. The van der Waals surface area contributed by atoms with Crippen LogP contribution in [-0.2, 0) is 4.79 Å². The highest BCUT2D eigenvalue weighted by Gasteiger charge is 2.30. The Balaban J connectivity index is 1.91. The average Bonchev–Trinajstić information content (AvgIpc) is 2.94. The molecule has 1 aromatic rings. The van der Waals surface area contributed by atoms with Gasteiger partial charge < -0.3 is 15.7 Å². The number of carboxylic acid groups (broad SMARTS) is 1. The number of nitrogens with two attached hydrogens (primary N) is 1. The minimum Gasteiger partial charge on any atom is -0.481 e. The normalized spacial score (nSPS) is 19.1. The summed E-state index contributed by atoms with van der Waals surface area (Å²) in [5, 5.41) is 15.4. The van der Waals surface area contributed by atoms with Crippen LogP contribution in [0.2, 0.25) is 0 Å². The first kappa shape index (κ1) is 12.3. The van der Waals surface area contributed by atoms with Crippen LogP contribution in [0.5, 0.6) is 0 Å². The molecule has 8 nitrogen and oxygen atoms in total. The summed E-state index contributed by atoms with van der Waals surface area (Å²) in [4.78, 5) is 24.1. The van der Waals surface area contributed by atoms with Gasteiger partial charge in [-0.15, -0.1) is 0 Å². The number of likely N-dealkylation sites (tertiary alicyclic amines) is 1. The maximum absolute atomic E-state index is 12.0. The highest BCUT2D eigenvalue weighted by molar-refractivity contribution is 5.96. The van der Waals surface area contributed by atoms with Gasteiger partial charge >= 0.3 is 5.97 Å². The topological polar surface area (TPSA) is 123 Å². The third-order valence-electron chi connectivity index (χ3n) is 3.06. The summed E-state index contributed by atoms with van der Waals surface area (Å²) in [5.74, 6) is -0.934. The highest BCUT2D eigenvalue weighted by atomic mass is 16.6. The summed E-state index contributed by atoms with van der Waals surface area (Å²) in [6.07, 6.45) is 1.50. The molecule has 0 spiro atoms. The van der Waals surface area contributed by atoms with Crippen LogP contribution in [0.3, 0.4) is 0 Å². The molecule has 0 aliphatic carbocycles. The van der Waals surface area contributed by atoms with Gasteiger partial charge in [0, 0.05) is 19.5 Å². The van der Waals surface area contributed by atoms with Crippen molar-refractivity contribution in [3.05, 3.63) is 5.69 Å². The molecule has 1 aliphatic heterocycles. The molecule has 8 heteroatoms. The molecule has 0 saturated carbocycles. The zero-order valence-corrected chi connectivity index (χ0v) is 9.70. The Morgan fingerprint density at radius 3 is 2.89 bits per heavy atom. The van der Waals surface area contributed by atoms with Crippen molar-refractivity contribution in [1.29, 1.82) is 0 Å². The number of nitrogens with zero attached hydrogens (tertiary/aromatic N) is 3. The molecule has 2 rings (SSSR count). The van der Waals surface area contributed by atoms with Gasteiger partial charge in [-0.05, 0) is 29.1 Å². The van der Waals surface area contributed by atoms with Gasteiger partial charge in [-0.25, -0.2) is 4.63 Å². The number of carbonyl (C=O) groups is 2. The molecule has 98 valence electrons. The van der Waals surface area contributed by atoms with E-state index in [2.05, 4.69) is 14.9 Å². The molecule has 18 heavy (non-hydrogen) atoms. The molecular weight excluding hydrogens is 240 g/mol. The van der Waals surface area contributed by atoms with E-state index in [1.807, 2.05) is 0 Å². The van der Waals surface area contributed by atoms with Crippen LogP contribution in [-0.4, -0.2) is 45.3 Å². The Morgan fingerprint density at radius 1 is 1.50 bits per heavy atom. The number of aliphatic carboxylic acids is 1. The van der Waals surface area contributed by atoms with Gasteiger partial charge in [0.1, 0.15) is 0 Å². The number of nitrogen functional groups attached to an aromatic ring is 1. The summed E-state index contributed by atoms with van der Waals surface area (Å²) >= 11 is 0. The number of rotatable bonds is 4. The van der Waals surface area contributed by atoms with Crippen molar-refractivity contribution in [2.75, 3.05) is 18.8 Å². The van der Waals surface area contributed by atoms with Crippen molar-refractivity contribution in [2.45, 2.75) is 19.3 Å². The predicted molar refractivity (Wildman–Crippen MR) is 59.6 cm³/mol. The van der Waals surface area contributed by atoms with Gasteiger partial charge in [0.05, 0.1) is 0 Å². The van der Waals surface area contributed by atoms with Gasteiger partial charge in [-0.2, -0.15) is 0 Å². The summed E-state index contributed by atoms with van der Waals surface area (Å²) in [7, 11) is 0. The lowest BCUT2D eigenvalue weighted by Gasteiger charge is -2.14. The van der Waals surface area contributed by atoms with E-state index in [4.69, 9.17) is 10.8 Å². The quantitative estimate of drug-likeness (QED) is 0.773. The zero-order valence-electron chi connectivity index (χ0n) is 9.70. The van der Waals surface area contributed by atoms with Crippen LogP contribution < -0.4 is 5.73 Å². The third-order valence-corrected chi connectivity index (χ3v) is 3.06. The van der Waals surface area contributed by atoms with Crippen molar-refractivity contribution in [3.63, 3.8) is 0 Å². The summed E-state index contributed by atoms with van der Waals surface area (Å²) in [6, 6.07) is 0. The number of aromatic nitrogens is 2. The second-order valence-electron chi connectivity index (χ2n) is 4.34. The lowest BCUT2D eigenvalue weighted by Crippen LogP contribution is -2.29. The zero-order chi connectivity index (χ0) is 13.1. The minimum atomic E-state index is -0.815. The Bertz CT molecular complexity index is 458. The first-order chi connectivity index (χ1) is 8.58. The molecule has 1 aromatic heterocycles. The summed E-state index contributed by atoms with van der Waals surface area (Å²) < 4.78 is 4.38. The van der Waals surface area contributed by atoms with Crippen molar-refractivity contribution >= 4 is 17.7 Å². The van der Waals surface area contributed by atoms with E-state index >= 15 is 0 Å². The molecule has 1 unspecified atom stereocenters. The Morgan fingerprint density at radius 2 is 2.28 bits per heavy atom. The van der Waals surface area contributed by atoms with Crippen LogP contribution in [0, 0.1) is 5.92 Å². The molecule has 0 bridgehead atoms. The predicted octanol–water partition coefficient (Wildman–Crippen LogP) is -0.0213. The summed E-state index contributed by atoms with van der Waals surface area (Å²) in [5.41, 5.74) is 5.47. The molecular formula is C10H14N4O4. The maximum Gasteiger partial charge on any atom is 0.303 e. The fourth-order valence-corrected chi connectivity index (χ4v) is 2.07. The monoisotopic (exact) mass is 254 g/mol. The van der Waals surface area contributed by atoms with Crippen LogP contribution in [0.25, 0.3) is 0 Å². The van der Waals surface area contributed by atoms with Crippen LogP contribution >= 0.6 is 0 Å². The molecule has 1 fully saturated rings. The fraction of sp³-hybridized carbons (Fsp3) is 0.600. The number of amides is 1. The standard InChI is InChI=1S/C10H14N4O4/c11-9-8(12-18-13-9)10(17)14-4-3-6(5-14)1-2-7(15)16/h6H,1-5H2,(H2,11,13)(H,15,16). The number of carboxylic acids is 1. The van der Waals surface area contributed by atoms with E-state index in [1.54, 1.807) is 4.90 Å². The summed E-state index contributed by atoms with van der Waals surface area (Å²) in [6.45, 7) is 1.10. The second-order valence-corrected chi connectivity index (χ2v) is 4.34. The Labute approximate surface area is 103 Å². The average molecular weight is 254 g/mol. The molecule has 1 atom stereocenters. The Kier molecular flexibility index (Phi) is 3.45. The van der Waals surface area contributed by atoms with Gasteiger partial charge in [0.25, 0.3) is 5.91 Å². The number of hydrogen-bond acceptors (Lipinski definition) is 6. The van der Waals surface area contributed by atoms with Crippen LogP contribution in [0.15, 0.2) is 4.63 Å². The van der Waals surface area contributed by atoms with E-state index in [1.165, 1.54) is 0 Å². The second kappa shape index (κ2) is 5.03. The number of hydrogen-bond donors (Lipinski definition) is 2. The number of carbonyl (C=O) groups excluding carboxylic acids is 1. The molecule has 1 aliphatic rings. The molecule has 3 N–H and O–H groups in total. The lowest BCUT2D eigenvalue weighted by molar-refractivity contribution is -0.137. The Hall–Kier alpha value is -2.12. The largest absolute Gasteiger partial charge is 0.481 e. The minimum absolute atomic E-state index is 0.0195. The van der Waals surface area contributed by atoms with E-state index in [-0.39, 0.29) is 29.8 Å². The van der Waals surface area contributed by atoms with Gasteiger partial charge in [0.2, 0.25) is 11.5 Å². The van der Waals surface area contributed by atoms with Gasteiger partial charge in [-0.3, -0.25) is 9.59 Å². The van der Waals surface area contributed by atoms with Crippen LogP contribution in [0.1, 0.15) is 29.8 Å². The van der Waals surface area contributed by atoms with Crippen molar-refractivity contribution in [2.24, 2.45) is 5.92 Å². The SMILES string of the molecule is Nc1nonc1C(=O)N1CCC(CCC(=O)O)C1. The molecule has 1 amide bonds. The molecule has 0 radical (unpaired) electrons. The van der Waals surface area contributed by atoms with Crippen molar-refractivity contribution in [1.82, 2.24) is 15.2 Å². The maximum atomic E-state index is 12.0. The van der Waals surface area contributed by atoms with Gasteiger partial charge in [0.15, 0.2) is 0 Å². The molecule has 2 heterocycles. The van der Waals surface area contributed by atoms with E-state index in [9.17, 15) is 9.59 Å². The lowest BCUT2D eigenvalue weighted by atomic mass is 10.0. The first-order valence-corrected chi connectivity index (χ1v) is 5.67.